The average Bonchev–Trinajstić information content (AvgIpc) is 2.47. The summed E-state index contributed by atoms with van der Waals surface area (Å²) in [4.78, 5) is 14.1. The first-order chi connectivity index (χ1) is 10.4. The molecule has 0 aromatic carbocycles. The van der Waals surface area contributed by atoms with Gasteiger partial charge in [-0.05, 0) is 65.3 Å². The predicted octanol–water partition coefficient (Wildman–Crippen LogP) is 3.95. The van der Waals surface area contributed by atoms with E-state index in [0.717, 1.165) is 32.1 Å². The number of piperidine rings is 1. The summed E-state index contributed by atoms with van der Waals surface area (Å²) in [6.07, 6.45) is 10.2. The smallest absolute Gasteiger partial charge is 0.410 e. The average molecular weight is 310 g/mol. The van der Waals surface area contributed by atoms with Crippen LogP contribution in [-0.4, -0.2) is 42.3 Å². The number of hydrogen-bond donors (Lipinski definition) is 1. The quantitative estimate of drug-likeness (QED) is 0.855. The van der Waals surface area contributed by atoms with E-state index < -0.39 is 5.60 Å². The van der Waals surface area contributed by atoms with Crippen molar-refractivity contribution in [3.8, 4) is 0 Å². The van der Waals surface area contributed by atoms with E-state index in [1.54, 1.807) is 0 Å². The Labute approximate surface area is 136 Å². The number of ether oxygens (including phenoxy) is 1. The Morgan fingerprint density at radius 2 is 1.86 bits per heavy atom. The van der Waals surface area contributed by atoms with Crippen LogP contribution >= 0.6 is 0 Å². The summed E-state index contributed by atoms with van der Waals surface area (Å²) < 4.78 is 5.50. The number of nitrogens with zero attached hydrogens (tertiary/aromatic N) is 1. The SMILES string of the molecule is CC(C)(C)OC(=O)N1CCCC(CCNC2CCCCC2)C1. The molecule has 1 aliphatic heterocycles. The van der Waals surface area contributed by atoms with Crippen LogP contribution in [0.2, 0.25) is 0 Å². The van der Waals surface area contributed by atoms with Crippen LogP contribution in [0.1, 0.15) is 72.1 Å². The minimum atomic E-state index is -0.396. The Morgan fingerprint density at radius 3 is 2.55 bits per heavy atom. The molecule has 128 valence electrons. The van der Waals surface area contributed by atoms with Crippen LogP contribution in [0.25, 0.3) is 0 Å². The first-order valence-electron chi connectivity index (χ1n) is 9.15. The minimum absolute atomic E-state index is 0.141. The highest BCUT2D eigenvalue weighted by atomic mass is 16.6. The van der Waals surface area contributed by atoms with E-state index in [-0.39, 0.29) is 6.09 Å². The maximum Gasteiger partial charge on any atom is 0.410 e. The van der Waals surface area contributed by atoms with Crippen molar-refractivity contribution in [1.29, 1.82) is 0 Å². The Balaban J connectivity index is 1.67. The number of likely N-dealkylation sites (tertiary alicyclic amines) is 1. The molecule has 1 saturated carbocycles. The lowest BCUT2D eigenvalue weighted by Crippen LogP contribution is -2.43. The van der Waals surface area contributed by atoms with Crippen molar-refractivity contribution >= 4 is 6.09 Å². The molecule has 1 N–H and O–H groups in total. The second kappa shape index (κ2) is 8.19. The van der Waals surface area contributed by atoms with Crippen molar-refractivity contribution in [3.05, 3.63) is 0 Å². The van der Waals surface area contributed by atoms with E-state index in [9.17, 15) is 4.79 Å². The zero-order valence-electron chi connectivity index (χ0n) is 14.7. The summed E-state index contributed by atoms with van der Waals surface area (Å²) in [6, 6.07) is 0.735. The molecule has 0 bridgehead atoms. The standard InChI is InChI=1S/C18H34N2O2/c1-18(2,3)22-17(21)20-13-7-8-15(14-20)11-12-19-16-9-5-4-6-10-16/h15-16,19H,4-14H2,1-3H3. The summed E-state index contributed by atoms with van der Waals surface area (Å²) in [7, 11) is 0. The van der Waals surface area contributed by atoms with Crippen molar-refractivity contribution in [2.45, 2.75) is 83.8 Å². The lowest BCUT2D eigenvalue weighted by Gasteiger charge is -2.34. The third kappa shape index (κ3) is 6.15. The fraction of sp³-hybridized carbons (Fsp3) is 0.944. The van der Waals surface area contributed by atoms with Crippen molar-refractivity contribution in [1.82, 2.24) is 10.2 Å². The molecule has 1 heterocycles. The molecule has 1 unspecified atom stereocenters. The molecule has 1 amide bonds. The van der Waals surface area contributed by atoms with Crippen molar-refractivity contribution < 1.29 is 9.53 Å². The van der Waals surface area contributed by atoms with Gasteiger partial charge in [-0.15, -0.1) is 0 Å². The van der Waals surface area contributed by atoms with E-state index in [2.05, 4.69) is 5.32 Å². The number of nitrogens with one attached hydrogen (secondary N) is 1. The molecular weight excluding hydrogens is 276 g/mol. The van der Waals surface area contributed by atoms with Crippen LogP contribution in [0.5, 0.6) is 0 Å². The Kier molecular flexibility index (Phi) is 6.54. The van der Waals surface area contributed by atoms with Crippen LogP contribution < -0.4 is 5.32 Å². The molecule has 1 atom stereocenters. The van der Waals surface area contributed by atoms with Crippen molar-refractivity contribution in [2.75, 3.05) is 19.6 Å². The minimum Gasteiger partial charge on any atom is -0.444 e. The maximum atomic E-state index is 12.2. The molecule has 4 heteroatoms. The lowest BCUT2D eigenvalue weighted by molar-refractivity contribution is 0.0161. The highest BCUT2D eigenvalue weighted by molar-refractivity contribution is 5.68. The van der Waals surface area contributed by atoms with Gasteiger partial charge in [0.25, 0.3) is 0 Å². The van der Waals surface area contributed by atoms with Crippen LogP contribution in [0, 0.1) is 5.92 Å². The fourth-order valence-electron chi connectivity index (χ4n) is 3.59. The highest BCUT2D eigenvalue weighted by Crippen LogP contribution is 2.22. The van der Waals surface area contributed by atoms with Gasteiger partial charge in [0, 0.05) is 19.1 Å². The van der Waals surface area contributed by atoms with Crippen molar-refractivity contribution in [2.24, 2.45) is 5.92 Å². The number of carbonyl (C=O) groups is 1. The second-order valence-electron chi connectivity index (χ2n) is 8.01. The largest absolute Gasteiger partial charge is 0.444 e. The van der Waals surface area contributed by atoms with Gasteiger partial charge in [0.2, 0.25) is 0 Å². The van der Waals surface area contributed by atoms with Crippen LogP contribution in [0.15, 0.2) is 0 Å². The van der Waals surface area contributed by atoms with Gasteiger partial charge in [0.1, 0.15) is 5.60 Å². The molecule has 0 spiro atoms. The zero-order valence-corrected chi connectivity index (χ0v) is 14.7. The first-order valence-corrected chi connectivity index (χ1v) is 9.15. The molecular formula is C18H34N2O2. The predicted molar refractivity (Wildman–Crippen MR) is 90.0 cm³/mol. The Hall–Kier alpha value is -0.770. The number of hydrogen-bond acceptors (Lipinski definition) is 3. The van der Waals surface area contributed by atoms with Gasteiger partial charge >= 0.3 is 6.09 Å². The zero-order chi connectivity index (χ0) is 16.0. The van der Waals surface area contributed by atoms with E-state index >= 15 is 0 Å². The van der Waals surface area contributed by atoms with E-state index in [0.29, 0.717) is 5.92 Å². The number of amides is 1. The van der Waals surface area contributed by atoms with Gasteiger partial charge < -0.3 is 15.0 Å². The summed E-state index contributed by atoms with van der Waals surface area (Å²) >= 11 is 0. The molecule has 2 aliphatic rings. The molecule has 2 fully saturated rings. The second-order valence-corrected chi connectivity index (χ2v) is 8.01. The van der Waals surface area contributed by atoms with E-state index in [4.69, 9.17) is 4.74 Å². The van der Waals surface area contributed by atoms with Gasteiger partial charge in [0.05, 0.1) is 0 Å². The van der Waals surface area contributed by atoms with Gasteiger partial charge in [-0.3, -0.25) is 0 Å². The maximum absolute atomic E-state index is 12.2. The summed E-state index contributed by atoms with van der Waals surface area (Å²) in [5.41, 5.74) is -0.396. The Bertz CT molecular complexity index is 345. The van der Waals surface area contributed by atoms with Gasteiger partial charge in [-0.25, -0.2) is 4.79 Å². The third-order valence-corrected chi connectivity index (χ3v) is 4.76. The molecule has 1 aliphatic carbocycles. The van der Waals surface area contributed by atoms with Crippen LogP contribution in [-0.2, 0) is 4.74 Å². The molecule has 0 radical (unpaired) electrons. The number of carbonyl (C=O) groups excluding carboxylic acids is 1. The highest BCUT2D eigenvalue weighted by Gasteiger charge is 2.27. The molecule has 0 aromatic heterocycles. The van der Waals surface area contributed by atoms with Gasteiger partial charge in [-0.1, -0.05) is 19.3 Å². The normalized spacial score (nSPS) is 24.3. The topological polar surface area (TPSA) is 41.6 Å². The summed E-state index contributed by atoms with van der Waals surface area (Å²) in [5.74, 6) is 0.623. The van der Waals surface area contributed by atoms with Gasteiger partial charge in [0.15, 0.2) is 0 Å². The van der Waals surface area contributed by atoms with Crippen molar-refractivity contribution in [3.63, 3.8) is 0 Å². The monoisotopic (exact) mass is 310 g/mol. The molecule has 4 nitrogen and oxygen atoms in total. The molecule has 2 rings (SSSR count). The van der Waals surface area contributed by atoms with E-state index in [1.165, 1.54) is 44.9 Å². The van der Waals surface area contributed by atoms with Crippen LogP contribution in [0.4, 0.5) is 4.79 Å². The fourth-order valence-corrected chi connectivity index (χ4v) is 3.59. The van der Waals surface area contributed by atoms with Gasteiger partial charge in [-0.2, -0.15) is 0 Å². The summed E-state index contributed by atoms with van der Waals surface area (Å²) in [5, 5.41) is 3.72. The molecule has 1 saturated heterocycles. The first kappa shape index (κ1) is 17.6. The number of rotatable bonds is 4. The lowest BCUT2D eigenvalue weighted by atomic mass is 9.93. The van der Waals surface area contributed by atoms with Crippen LogP contribution in [0.3, 0.4) is 0 Å². The summed E-state index contributed by atoms with van der Waals surface area (Å²) in [6.45, 7) is 8.60. The Morgan fingerprint density at radius 1 is 1.14 bits per heavy atom. The molecule has 22 heavy (non-hydrogen) atoms. The third-order valence-electron chi connectivity index (χ3n) is 4.76. The van der Waals surface area contributed by atoms with E-state index in [1.807, 2.05) is 25.7 Å². The molecule has 0 aromatic rings.